The van der Waals surface area contributed by atoms with Gasteiger partial charge in [0.2, 0.25) is 35.4 Å². The molecule has 0 aliphatic carbocycles. The van der Waals surface area contributed by atoms with E-state index in [9.17, 15) is 28.8 Å². The summed E-state index contributed by atoms with van der Waals surface area (Å²) in [5.74, 6) is -2.48. The van der Waals surface area contributed by atoms with Crippen LogP contribution in [0.25, 0.3) is 0 Å². The second kappa shape index (κ2) is 17.8. The molecular weight excluding hydrogens is 604 g/mol. The zero-order chi connectivity index (χ0) is 34.5. The highest BCUT2D eigenvalue weighted by molar-refractivity contribution is 5.96. The maximum Gasteiger partial charge on any atom is 0.245 e. The van der Waals surface area contributed by atoms with Gasteiger partial charge in [-0.05, 0) is 31.2 Å². The second-order valence-corrected chi connectivity index (χ2v) is 12.2. The molecule has 6 amide bonds. The fourth-order valence-electron chi connectivity index (χ4n) is 5.27. The molecule has 2 aromatic rings. The zero-order valence-electron chi connectivity index (χ0n) is 27.9. The van der Waals surface area contributed by atoms with Crippen LogP contribution in [0, 0.1) is 5.92 Å². The molecule has 0 unspecified atom stereocenters. The van der Waals surface area contributed by atoms with Gasteiger partial charge in [0, 0.05) is 51.8 Å². The molecule has 14 nitrogen and oxygen atoms in total. The Kier molecular flexibility index (Phi) is 13.9. The first-order chi connectivity index (χ1) is 22.4. The average molecular weight is 653 g/mol. The summed E-state index contributed by atoms with van der Waals surface area (Å²) in [7, 11) is 1.48. The highest BCUT2D eigenvalue weighted by Gasteiger charge is 2.32. The van der Waals surface area contributed by atoms with Crippen LogP contribution in [0.3, 0.4) is 0 Å². The van der Waals surface area contributed by atoms with Crippen molar-refractivity contribution < 1.29 is 28.8 Å². The van der Waals surface area contributed by atoms with Crippen molar-refractivity contribution in [1.82, 2.24) is 41.0 Å². The van der Waals surface area contributed by atoms with Crippen molar-refractivity contribution in [2.45, 2.75) is 90.5 Å². The summed E-state index contributed by atoms with van der Waals surface area (Å²) in [6.45, 7) is 7.28. The fraction of sp³-hybridized carbons (Fsp3) is 0.545. The molecule has 5 N–H and O–H groups in total. The maximum atomic E-state index is 13.5. The Morgan fingerprint density at radius 3 is 2.43 bits per heavy atom. The third-order valence-corrected chi connectivity index (χ3v) is 7.99. The molecule has 2 heterocycles. The number of amides is 6. The number of likely N-dealkylation sites (N-methyl/N-ethyl adjacent to an activating group) is 1. The maximum absolute atomic E-state index is 13.5. The van der Waals surface area contributed by atoms with Crippen molar-refractivity contribution in [2.75, 3.05) is 20.1 Å². The molecule has 1 fully saturated rings. The number of hydrogen-bond acceptors (Lipinski definition) is 7. The Morgan fingerprint density at radius 1 is 1.02 bits per heavy atom. The number of nitrogens with one attached hydrogen (secondary N) is 5. The molecule has 256 valence electrons. The van der Waals surface area contributed by atoms with E-state index < -0.39 is 53.7 Å². The van der Waals surface area contributed by atoms with E-state index in [2.05, 4.69) is 31.6 Å². The van der Waals surface area contributed by atoms with Gasteiger partial charge in [-0.3, -0.25) is 28.8 Å². The largest absolute Gasteiger partial charge is 0.355 e. The van der Waals surface area contributed by atoms with Crippen LogP contribution in [-0.4, -0.2) is 94.2 Å². The van der Waals surface area contributed by atoms with Gasteiger partial charge in [0.1, 0.15) is 30.0 Å². The molecule has 4 atom stereocenters. The molecule has 1 aromatic carbocycles. The van der Waals surface area contributed by atoms with Crippen molar-refractivity contribution in [2.24, 2.45) is 5.92 Å². The number of rotatable bonds is 8. The number of carbonyl (C=O) groups excluding carboxylic acids is 6. The number of aromatic nitrogens is 2. The lowest BCUT2D eigenvalue weighted by Crippen LogP contribution is -2.59. The van der Waals surface area contributed by atoms with E-state index in [4.69, 9.17) is 0 Å². The lowest BCUT2D eigenvalue weighted by Gasteiger charge is -2.28. The van der Waals surface area contributed by atoms with Gasteiger partial charge < -0.3 is 36.1 Å². The quantitative estimate of drug-likeness (QED) is 0.267. The molecule has 47 heavy (non-hydrogen) atoms. The van der Waals surface area contributed by atoms with E-state index >= 15 is 0 Å². The summed E-state index contributed by atoms with van der Waals surface area (Å²) in [5, 5.41) is 13.7. The first-order valence-corrected chi connectivity index (χ1v) is 16.2. The molecule has 0 radical (unpaired) electrons. The van der Waals surface area contributed by atoms with Gasteiger partial charge in [0.15, 0.2) is 0 Å². The van der Waals surface area contributed by atoms with Crippen LogP contribution < -0.4 is 26.6 Å². The number of nitrogens with zero attached hydrogens (tertiary/aromatic N) is 3. The van der Waals surface area contributed by atoms with Crippen LogP contribution in [0.2, 0.25) is 0 Å². The van der Waals surface area contributed by atoms with E-state index in [1.54, 1.807) is 26.2 Å². The Labute approximate surface area is 275 Å². The summed E-state index contributed by atoms with van der Waals surface area (Å²) in [5.41, 5.74) is 0.805. The summed E-state index contributed by atoms with van der Waals surface area (Å²) in [4.78, 5) is 84.8. The Bertz CT molecular complexity index is 1390. The van der Waals surface area contributed by atoms with Crippen molar-refractivity contribution in [3.63, 3.8) is 0 Å². The second-order valence-electron chi connectivity index (χ2n) is 12.2. The van der Waals surface area contributed by atoms with E-state index in [1.165, 1.54) is 18.9 Å². The first kappa shape index (κ1) is 36.7. The third kappa shape index (κ3) is 11.2. The minimum absolute atomic E-state index is 0.107. The normalized spacial score (nSPS) is 22.4. The van der Waals surface area contributed by atoms with Gasteiger partial charge in [0.25, 0.3) is 0 Å². The van der Waals surface area contributed by atoms with Crippen LogP contribution in [-0.2, 0) is 48.2 Å². The molecule has 1 aromatic heterocycles. The fourth-order valence-corrected chi connectivity index (χ4v) is 5.27. The Hall–Kier alpha value is -4.75. The molecule has 0 spiro atoms. The number of aryl methyl sites for hydroxylation is 2. The SMILES string of the molecule is CCc1nccn1CCC(=O)N[C@H]1CCCNC(=O)CN(C)C(=O)[C@H](Cc2ccccc2)NC(=O)[C@@H](C)NC(=O)[C@@H](C(C)C)NC1=O. The summed E-state index contributed by atoms with van der Waals surface area (Å²) >= 11 is 0. The number of imidazole rings is 1. The van der Waals surface area contributed by atoms with Crippen LogP contribution >= 0.6 is 0 Å². The summed E-state index contributed by atoms with van der Waals surface area (Å²) < 4.78 is 1.88. The molecule has 0 bridgehead atoms. The average Bonchev–Trinajstić information content (AvgIpc) is 3.50. The van der Waals surface area contributed by atoms with Crippen LogP contribution in [0.15, 0.2) is 42.7 Å². The van der Waals surface area contributed by atoms with Crippen LogP contribution in [0.1, 0.15) is 58.3 Å². The smallest absolute Gasteiger partial charge is 0.245 e. The van der Waals surface area contributed by atoms with E-state index in [1.807, 2.05) is 41.8 Å². The van der Waals surface area contributed by atoms with E-state index in [0.29, 0.717) is 19.4 Å². The highest BCUT2D eigenvalue weighted by Crippen LogP contribution is 2.09. The predicted molar refractivity (Wildman–Crippen MR) is 174 cm³/mol. The molecule has 1 aliphatic rings. The Morgan fingerprint density at radius 2 is 1.74 bits per heavy atom. The predicted octanol–water partition coefficient (Wildman–Crippen LogP) is 0.0618. The van der Waals surface area contributed by atoms with Gasteiger partial charge in [0.05, 0.1) is 6.54 Å². The third-order valence-electron chi connectivity index (χ3n) is 7.99. The van der Waals surface area contributed by atoms with Crippen LogP contribution in [0.5, 0.6) is 0 Å². The monoisotopic (exact) mass is 652 g/mol. The van der Waals surface area contributed by atoms with Gasteiger partial charge >= 0.3 is 0 Å². The van der Waals surface area contributed by atoms with Crippen LogP contribution in [0.4, 0.5) is 0 Å². The van der Waals surface area contributed by atoms with Crippen molar-refractivity contribution in [3.8, 4) is 0 Å². The topological polar surface area (TPSA) is 184 Å². The van der Waals surface area contributed by atoms with Crippen molar-refractivity contribution in [3.05, 3.63) is 54.1 Å². The Balaban J connectivity index is 1.79. The van der Waals surface area contributed by atoms with Gasteiger partial charge in [-0.2, -0.15) is 0 Å². The van der Waals surface area contributed by atoms with E-state index in [0.717, 1.165) is 11.4 Å². The van der Waals surface area contributed by atoms with Crippen molar-refractivity contribution in [1.29, 1.82) is 0 Å². The van der Waals surface area contributed by atoms with E-state index in [-0.39, 0.29) is 44.2 Å². The molecular formula is C33H48N8O6. The summed E-state index contributed by atoms with van der Waals surface area (Å²) in [6, 6.07) is 5.11. The standard InChI is InChI=1S/C33H48N8O6/c1-6-26-34-16-18-41(26)17-14-27(42)37-24-13-10-15-35-28(43)20-40(5)33(47)25(19-23-11-8-7-9-12-23)38-30(44)22(4)36-32(46)29(21(2)3)39-31(24)45/h7-9,11-12,16,18,21-22,24-25,29H,6,10,13-15,17,19-20H2,1-5H3,(H,35,43)(H,36,46)(H,37,42)(H,38,44)(H,39,45)/t22-,24+,25+,29-/m1/s1. The molecule has 0 saturated carbocycles. The molecule has 1 saturated heterocycles. The lowest BCUT2D eigenvalue weighted by molar-refractivity contribution is -0.139. The lowest BCUT2D eigenvalue weighted by atomic mass is 10.0. The minimum Gasteiger partial charge on any atom is -0.355 e. The highest BCUT2D eigenvalue weighted by atomic mass is 16.2. The van der Waals surface area contributed by atoms with Gasteiger partial charge in [-0.25, -0.2) is 4.98 Å². The molecule has 3 rings (SSSR count). The number of hydrogen-bond donors (Lipinski definition) is 5. The number of benzene rings is 1. The van der Waals surface area contributed by atoms with Gasteiger partial charge in [-0.15, -0.1) is 0 Å². The summed E-state index contributed by atoms with van der Waals surface area (Å²) in [6.07, 6.45) is 4.98. The zero-order valence-corrected chi connectivity index (χ0v) is 27.9. The first-order valence-electron chi connectivity index (χ1n) is 16.2. The molecule has 14 heteroatoms. The number of carbonyl (C=O) groups is 6. The van der Waals surface area contributed by atoms with Crippen molar-refractivity contribution >= 4 is 35.4 Å². The van der Waals surface area contributed by atoms with Gasteiger partial charge in [-0.1, -0.05) is 51.1 Å². The minimum atomic E-state index is -1.05. The molecule has 1 aliphatic heterocycles.